The van der Waals surface area contributed by atoms with E-state index in [2.05, 4.69) is 4.74 Å². The van der Waals surface area contributed by atoms with Crippen molar-refractivity contribution in [2.75, 3.05) is 0 Å². The highest BCUT2D eigenvalue weighted by Crippen LogP contribution is 2.11. The highest BCUT2D eigenvalue weighted by atomic mass is 16.5. The minimum Gasteiger partial charge on any atom is -0.410 e. The fraction of sp³-hybridized carbons (Fsp3) is 0.125. The first kappa shape index (κ1) is 7.60. The average molecular weight is 151 g/mol. The van der Waals surface area contributed by atoms with Crippen LogP contribution >= 0.6 is 0 Å². The first-order valence-corrected chi connectivity index (χ1v) is 3.22. The lowest BCUT2D eigenvalue weighted by Gasteiger charge is -1.99. The van der Waals surface area contributed by atoms with Gasteiger partial charge in [-0.1, -0.05) is 12.1 Å². The summed E-state index contributed by atoms with van der Waals surface area (Å²) in [6.07, 6.45) is -0.782. The molecule has 0 heterocycles. The maximum atomic E-state index is 10.3. The Morgan fingerprint density at radius 1 is 1.55 bits per heavy atom. The maximum Gasteiger partial charge on any atom is 0.409 e. The zero-order valence-electron chi connectivity index (χ0n) is 6.20. The molecule has 1 rings (SSSR count). The van der Waals surface area contributed by atoms with Crippen molar-refractivity contribution in [3.05, 3.63) is 29.8 Å². The van der Waals surface area contributed by atoms with E-state index in [1.54, 1.807) is 18.2 Å². The fourth-order valence-electron chi connectivity index (χ4n) is 0.795. The van der Waals surface area contributed by atoms with Crippen molar-refractivity contribution in [3.8, 4) is 5.75 Å². The number of rotatable bonds is 1. The topological polar surface area (TPSA) is 52.3 Å². The highest BCUT2D eigenvalue weighted by molar-refractivity contribution is 5.68. The van der Waals surface area contributed by atoms with Gasteiger partial charge in [0.25, 0.3) is 0 Å². The number of nitrogens with two attached hydrogens (primary N) is 1. The second kappa shape index (κ2) is 3.05. The number of carbonyl (C=O) groups is 1. The third kappa shape index (κ3) is 2.29. The standard InChI is InChI=1S/C8H9NO2/c1-6-3-2-4-7(5-6)11-8(9)10/h2-5H,1H3,(H2,9,10). The molecule has 11 heavy (non-hydrogen) atoms. The van der Waals surface area contributed by atoms with E-state index in [0.717, 1.165) is 5.56 Å². The summed E-state index contributed by atoms with van der Waals surface area (Å²) >= 11 is 0. The Bertz CT molecular complexity index is 271. The number of hydrogen-bond acceptors (Lipinski definition) is 2. The van der Waals surface area contributed by atoms with E-state index >= 15 is 0 Å². The Labute approximate surface area is 64.8 Å². The summed E-state index contributed by atoms with van der Waals surface area (Å²) in [5.74, 6) is 0.484. The van der Waals surface area contributed by atoms with Crippen molar-refractivity contribution < 1.29 is 9.53 Å². The molecule has 3 heteroatoms. The van der Waals surface area contributed by atoms with Crippen LogP contribution in [0.15, 0.2) is 24.3 Å². The van der Waals surface area contributed by atoms with E-state index < -0.39 is 6.09 Å². The lowest BCUT2D eigenvalue weighted by Crippen LogP contribution is -2.16. The molecule has 2 N–H and O–H groups in total. The molecular weight excluding hydrogens is 142 g/mol. The smallest absolute Gasteiger partial charge is 0.409 e. The van der Waals surface area contributed by atoms with Crippen LogP contribution in [-0.2, 0) is 0 Å². The van der Waals surface area contributed by atoms with Crippen LogP contribution in [0.1, 0.15) is 5.56 Å². The number of benzene rings is 1. The molecule has 0 saturated heterocycles. The van der Waals surface area contributed by atoms with Crippen molar-refractivity contribution in [1.82, 2.24) is 0 Å². The molecule has 0 fully saturated rings. The van der Waals surface area contributed by atoms with Crippen LogP contribution in [-0.4, -0.2) is 6.09 Å². The summed E-state index contributed by atoms with van der Waals surface area (Å²) in [6, 6.07) is 7.13. The van der Waals surface area contributed by atoms with Crippen molar-refractivity contribution in [1.29, 1.82) is 0 Å². The quantitative estimate of drug-likeness (QED) is 0.660. The molecule has 0 spiro atoms. The second-order valence-corrected chi connectivity index (χ2v) is 2.24. The van der Waals surface area contributed by atoms with Crippen molar-refractivity contribution in [3.63, 3.8) is 0 Å². The molecule has 3 nitrogen and oxygen atoms in total. The lowest BCUT2D eigenvalue weighted by molar-refractivity contribution is 0.211. The number of hydrogen-bond donors (Lipinski definition) is 1. The van der Waals surface area contributed by atoms with Gasteiger partial charge in [0.15, 0.2) is 0 Å². The minimum atomic E-state index is -0.782. The molecule has 0 aliphatic rings. The Morgan fingerprint density at radius 3 is 2.82 bits per heavy atom. The van der Waals surface area contributed by atoms with Crippen molar-refractivity contribution >= 4 is 6.09 Å². The van der Waals surface area contributed by atoms with Gasteiger partial charge in [0.1, 0.15) is 5.75 Å². The fourth-order valence-corrected chi connectivity index (χ4v) is 0.795. The molecule has 0 radical (unpaired) electrons. The van der Waals surface area contributed by atoms with Crippen LogP contribution in [0.3, 0.4) is 0 Å². The molecule has 0 aromatic heterocycles. The predicted octanol–water partition coefficient (Wildman–Crippen LogP) is 1.45. The van der Waals surface area contributed by atoms with E-state index in [4.69, 9.17) is 5.73 Å². The van der Waals surface area contributed by atoms with Crippen molar-refractivity contribution in [2.45, 2.75) is 6.92 Å². The number of carbonyl (C=O) groups excluding carboxylic acids is 1. The Kier molecular flexibility index (Phi) is 2.11. The molecule has 1 aromatic carbocycles. The van der Waals surface area contributed by atoms with Crippen LogP contribution < -0.4 is 10.5 Å². The number of primary amides is 1. The average Bonchev–Trinajstić information content (AvgIpc) is 1.85. The molecule has 1 amide bonds. The van der Waals surface area contributed by atoms with E-state index in [1.165, 1.54) is 0 Å². The van der Waals surface area contributed by atoms with Gasteiger partial charge in [-0.15, -0.1) is 0 Å². The van der Waals surface area contributed by atoms with Gasteiger partial charge in [0.05, 0.1) is 0 Å². The third-order valence-electron chi connectivity index (χ3n) is 1.21. The Morgan fingerprint density at radius 2 is 2.27 bits per heavy atom. The molecular formula is C8H9NO2. The summed E-state index contributed by atoms with van der Waals surface area (Å²) in [7, 11) is 0. The SMILES string of the molecule is Cc1cccc(OC(N)=O)c1. The summed E-state index contributed by atoms with van der Waals surface area (Å²) in [6.45, 7) is 1.91. The minimum absolute atomic E-state index is 0.484. The predicted molar refractivity (Wildman–Crippen MR) is 41.4 cm³/mol. The van der Waals surface area contributed by atoms with Crippen LogP contribution in [0.5, 0.6) is 5.75 Å². The molecule has 58 valence electrons. The van der Waals surface area contributed by atoms with Gasteiger partial charge < -0.3 is 10.5 Å². The van der Waals surface area contributed by atoms with E-state index in [9.17, 15) is 4.79 Å². The zero-order chi connectivity index (χ0) is 8.27. The number of ether oxygens (including phenoxy) is 1. The Hall–Kier alpha value is -1.51. The number of amides is 1. The molecule has 0 aliphatic carbocycles. The molecule has 0 unspecified atom stereocenters. The summed E-state index contributed by atoms with van der Waals surface area (Å²) in [5.41, 5.74) is 5.84. The monoisotopic (exact) mass is 151 g/mol. The van der Waals surface area contributed by atoms with Crippen molar-refractivity contribution in [2.24, 2.45) is 5.73 Å². The van der Waals surface area contributed by atoms with Gasteiger partial charge in [-0.3, -0.25) is 0 Å². The van der Waals surface area contributed by atoms with Gasteiger partial charge in [0.2, 0.25) is 0 Å². The zero-order valence-corrected chi connectivity index (χ0v) is 6.20. The van der Waals surface area contributed by atoms with E-state index in [1.807, 2.05) is 13.0 Å². The molecule has 0 aliphatic heterocycles. The molecule has 0 bridgehead atoms. The second-order valence-electron chi connectivity index (χ2n) is 2.24. The van der Waals surface area contributed by atoms with Gasteiger partial charge in [-0.2, -0.15) is 0 Å². The number of aryl methyl sites for hydroxylation is 1. The molecule has 1 aromatic rings. The summed E-state index contributed by atoms with van der Waals surface area (Å²) < 4.78 is 4.63. The van der Waals surface area contributed by atoms with Gasteiger partial charge in [0, 0.05) is 0 Å². The summed E-state index contributed by atoms with van der Waals surface area (Å²) in [4.78, 5) is 10.3. The highest BCUT2D eigenvalue weighted by Gasteiger charge is 1.96. The van der Waals surface area contributed by atoms with E-state index in [0.29, 0.717) is 5.75 Å². The largest absolute Gasteiger partial charge is 0.410 e. The van der Waals surface area contributed by atoms with Crippen LogP contribution in [0.4, 0.5) is 4.79 Å². The van der Waals surface area contributed by atoms with Gasteiger partial charge in [-0.25, -0.2) is 4.79 Å². The molecule has 0 atom stereocenters. The van der Waals surface area contributed by atoms with Gasteiger partial charge >= 0.3 is 6.09 Å². The lowest BCUT2D eigenvalue weighted by atomic mass is 10.2. The first-order chi connectivity index (χ1) is 5.18. The summed E-state index contributed by atoms with van der Waals surface area (Å²) in [5, 5.41) is 0. The maximum absolute atomic E-state index is 10.3. The van der Waals surface area contributed by atoms with Crippen LogP contribution in [0.2, 0.25) is 0 Å². The van der Waals surface area contributed by atoms with E-state index in [-0.39, 0.29) is 0 Å². The van der Waals surface area contributed by atoms with Crippen LogP contribution in [0.25, 0.3) is 0 Å². The normalized spacial score (nSPS) is 9.18. The Balaban J connectivity index is 2.79. The first-order valence-electron chi connectivity index (χ1n) is 3.22. The third-order valence-corrected chi connectivity index (χ3v) is 1.21. The van der Waals surface area contributed by atoms with Gasteiger partial charge in [-0.05, 0) is 24.6 Å². The van der Waals surface area contributed by atoms with Crippen LogP contribution in [0, 0.1) is 6.92 Å². The molecule has 0 saturated carbocycles.